The molecule has 0 aromatic heterocycles. The number of Topliss-reactive ketones (excluding diaryl/α,β-unsaturated/α-hetero) is 1. The van der Waals surface area contributed by atoms with Crippen molar-refractivity contribution < 1.29 is 52.5 Å². The minimum Gasteiger partial charge on any atom is -0.465 e. The minimum atomic E-state index is -1.60. The van der Waals surface area contributed by atoms with Gasteiger partial charge in [-0.1, -0.05) is 20.8 Å². The molecule has 11 atom stereocenters. The van der Waals surface area contributed by atoms with Gasteiger partial charge in [-0.3, -0.25) is 28.8 Å². The van der Waals surface area contributed by atoms with Crippen LogP contribution in [-0.4, -0.2) is 68.7 Å². The molecule has 11 heteroatoms. The predicted molar refractivity (Wildman–Crippen MR) is 159 cm³/mol. The number of carbonyl (C=O) groups excluding carboxylic acids is 6. The van der Waals surface area contributed by atoms with Gasteiger partial charge in [-0.05, 0) is 100 Å². The van der Waals surface area contributed by atoms with Crippen molar-refractivity contribution in [2.75, 3.05) is 13.2 Å². The Morgan fingerprint density at radius 2 is 1.47 bits per heavy atom. The minimum absolute atomic E-state index is 0.00657. The molecule has 0 unspecified atom stereocenters. The lowest BCUT2D eigenvalue weighted by atomic mass is 9.43. The van der Waals surface area contributed by atoms with E-state index in [0.717, 1.165) is 25.7 Å². The van der Waals surface area contributed by atoms with Crippen LogP contribution in [-0.2, 0) is 52.5 Å². The molecular weight excluding hydrogens is 584 g/mol. The molecule has 4 aliphatic rings. The van der Waals surface area contributed by atoms with E-state index in [4.69, 9.17) is 23.7 Å². The fourth-order valence-electron chi connectivity index (χ4n) is 10.3. The van der Waals surface area contributed by atoms with Crippen molar-refractivity contribution in [1.29, 1.82) is 0 Å². The zero-order valence-corrected chi connectivity index (χ0v) is 27.3. The number of fused-ring (bicyclic) bond motifs is 5. The molecule has 0 aliphatic heterocycles. The van der Waals surface area contributed by atoms with E-state index < -0.39 is 29.1 Å². The number of carbonyl (C=O) groups is 6. The molecule has 0 spiro atoms. The van der Waals surface area contributed by atoms with E-state index in [0.29, 0.717) is 45.1 Å². The Hall–Kier alpha value is -2.98. The van der Waals surface area contributed by atoms with E-state index in [1.807, 2.05) is 0 Å². The number of ether oxygens (including phenoxy) is 5. The third-order valence-corrected chi connectivity index (χ3v) is 12.4. The Bertz CT molecular complexity index is 1090. The molecule has 0 amide bonds. The Kier molecular flexibility index (Phi) is 11.3. The number of rotatable bonds is 15. The fraction of sp³-hybridized carbons (Fsp3) is 0.824. The first kappa shape index (κ1) is 34.9. The van der Waals surface area contributed by atoms with Crippen molar-refractivity contribution in [3.05, 3.63) is 0 Å². The van der Waals surface area contributed by atoms with E-state index in [-0.39, 0.29) is 78.9 Å². The SMILES string of the molecule is CCOC(=O)C(C(=O)CC[C@@H](C)[C@H]1CC[C@H]2[C@@H]3[C@H](OC=O)C[C@@H]4C[C@H](OC=O)CC[C@]4(C)[C@H]3C[C@H](OC=O)[C@]12C)C(=O)OCC. The average Bonchev–Trinajstić information content (AvgIpc) is 3.36. The smallest absolute Gasteiger partial charge is 0.328 e. The number of esters is 2. The molecule has 0 saturated heterocycles. The van der Waals surface area contributed by atoms with Crippen LogP contribution in [0.25, 0.3) is 0 Å². The standard InChI is InChI=1S/C34H50O11/c1-6-41-31(39)30(32(40)42-7-2)26(38)11-8-20(3)23-9-10-24-29-25(16-28(45-19-37)34(23,24)5)33(4)13-12-22(43-17-35)14-21(33)15-27(29)44-18-36/h17-25,27-30H,6-16H2,1-5H3/t20-,21+,22-,23-,24+,25+,27-,28+,29+,33+,34-/m1/s1. The van der Waals surface area contributed by atoms with Crippen molar-refractivity contribution >= 4 is 37.1 Å². The second-order valence-corrected chi connectivity index (χ2v) is 14.1. The maximum Gasteiger partial charge on any atom is 0.328 e. The highest BCUT2D eigenvalue weighted by atomic mass is 16.6. The summed E-state index contributed by atoms with van der Waals surface area (Å²) in [6.45, 7) is 11.5. The van der Waals surface area contributed by atoms with Gasteiger partial charge in [0.15, 0.2) is 5.78 Å². The zero-order valence-electron chi connectivity index (χ0n) is 27.3. The molecule has 0 heterocycles. The van der Waals surface area contributed by atoms with E-state index in [1.54, 1.807) is 13.8 Å². The molecule has 0 aromatic rings. The summed E-state index contributed by atoms with van der Waals surface area (Å²) in [5, 5.41) is 0. The van der Waals surface area contributed by atoms with Gasteiger partial charge in [0.2, 0.25) is 5.92 Å². The van der Waals surface area contributed by atoms with Crippen molar-refractivity contribution in [2.24, 2.45) is 52.3 Å². The van der Waals surface area contributed by atoms with Crippen LogP contribution in [0.3, 0.4) is 0 Å². The van der Waals surface area contributed by atoms with Crippen molar-refractivity contribution in [3.63, 3.8) is 0 Å². The highest BCUT2D eigenvalue weighted by molar-refractivity contribution is 6.14. The summed E-state index contributed by atoms with van der Waals surface area (Å²) in [6.07, 6.45) is 5.01. The largest absolute Gasteiger partial charge is 0.465 e. The van der Waals surface area contributed by atoms with Gasteiger partial charge in [0.05, 0.1) is 13.2 Å². The van der Waals surface area contributed by atoms with Crippen LogP contribution in [0.2, 0.25) is 0 Å². The van der Waals surface area contributed by atoms with Gasteiger partial charge in [0, 0.05) is 17.8 Å². The first-order valence-electron chi connectivity index (χ1n) is 16.6. The van der Waals surface area contributed by atoms with Crippen molar-refractivity contribution in [2.45, 2.75) is 111 Å². The van der Waals surface area contributed by atoms with Gasteiger partial charge in [-0.25, -0.2) is 0 Å². The molecule has 4 rings (SSSR count). The van der Waals surface area contributed by atoms with E-state index in [2.05, 4.69) is 20.8 Å². The van der Waals surface area contributed by atoms with Gasteiger partial charge in [0.1, 0.15) is 18.3 Å². The summed E-state index contributed by atoms with van der Waals surface area (Å²) in [7, 11) is 0. The van der Waals surface area contributed by atoms with Crippen LogP contribution >= 0.6 is 0 Å². The Balaban J connectivity index is 1.58. The van der Waals surface area contributed by atoms with E-state index in [1.165, 1.54) is 0 Å². The fourth-order valence-corrected chi connectivity index (χ4v) is 10.3. The molecule has 4 fully saturated rings. The number of hydrogen-bond donors (Lipinski definition) is 0. The molecule has 0 radical (unpaired) electrons. The molecule has 4 saturated carbocycles. The normalized spacial score (nSPS) is 37.6. The first-order valence-corrected chi connectivity index (χ1v) is 16.6. The monoisotopic (exact) mass is 634 g/mol. The molecule has 0 aromatic carbocycles. The lowest BCUT2D eigenvalue weighted by Gasteiger charge is -2.64. The van der Waals surface area contributed by atoms with Crippen LogP contribution in [0.4, 0.5) is 0 Å². The predicted octanol–water partition coefficient (Wildman–Crippen LogP) is 4.22. The molecule has 11 nitrogen and oxygen atoms in total. The van der Waals surface area contributed by atoms with Gasteiger partial charge in [-0.2, -0.15) is 0 Å². The second kappa shape index (κ2) is 14.6. The number of ketones is 1. The van der Waals surface area contributed by atoms with Crippen LogP contribution in [0.15, 0.2) is 0 Å². The molecular formula is C34H50O11. The lowest BCUT2D eigenvalue weighted by molar-refractivity contribution is -0.218. The molecule has 0 N–H and O–H groups in total. The summed E-state index contributed by atoms with van der Waals surface area (Å²) in [5.74, 6) is -3.29. The molecule has 45 heavy (non-hydrogen) atoms. The summed E-state index contributed by atoms with van der Waals surface area (Å²) in [5.41, 5.74) is -0.523. The quantitative estimate of drug-likeness (QED) is 0.110. The second-order valence-electron chi connectivity index (χ2n) is 14.1. The summed E-state index contributed by atoms with van der Waals surface area (Å²) in [4.78, 5) is 73.0. The van der Waals surface area contributed by atoms with Gasteiger partial charge in [-0.15, -0.1) is 0 Å². The van der Waals surface area contributed by atoms with Crippen LogP contribution < -0.4 is 0 Å². The summed E-state index contributed by atoms with van der Waals surface area (Å²) >= 11 is 0. The maximum absolute atomic E-state index is 13.2. The summed E-state index contributed by atoms with van der Waals surface area (Å²) < 4.78 is 27.1. The van der Waals surface area contributed by atoms with Crippen molar-refractivity contribution in [3.8, 4) is 0 Å². The Morgan fingerprint density at radius 1 is 0.822 bits per heavy atom. The third-order valence-electron chi connectivity index (χ3n) is 12.4. The number of hydrogen-bond acceptors (Lipinski definition) is 11. The topological polar surface area (TPSA) is 149 Å². The van der Waals surface area contributed by atoms with Crippen LogP contribution in [0.5, 0.6) is 0 Å². The van der Waals surface area contributed by atoms with Gasteiger partial charge < -0.3 is 23.7 Å². The Morgan fingerprint density at radius 3 is 2.07 bits per heavy atom. The highest BCUT2D eigenvalue weighted by Crippen LogP contribution is 2.69. The van der Waals surface area contributed by atoms with Crippen molar-refractivity contribution in [1.82, 2.24) is 0 Å². The molecule has 4 aliphatic carbocycles. The lowest BCUT2D eigenvalue weighted by Crippen LogP contribution is -2.63. The van der Waals surface area contributed by atoms with E-state index >= 15 is 0 Å². The average molecular weight is 635 g/mol. The van der Waals surface area contributed by atoms with Crippen LogP contribution in [0.1, 0.15) is 92.4 Å². The third kappa shape index (κ3) is 6.50. The van der Waals surface area contributed by atoms with Gasteiger partial charge in [0.25, 0.3) is 19.4 Å². The Labute approximate surface area is 265 Å². The zero-order chi connectivity index (χ0) is 32.9. The van der Waals surface area contributed by atoms with Crippen LogP contribution in [0, 0.1) is 52.3 Å². The first-order chi connectivity index (χ1) is 21.5. The van der Waals surface area contributed by atoms with Gasteiger partial charge >= 0.3 is 11.9 Å². The van der Waals surface area contributed by atoms with E-state index in [9.17, 15) is 28.8 Å². The molecule has 252 valence electrons. The molecule has 0 bridgehead atoms. The maximum atomic E-state index is 13.2. The highest BCUT2D eigenvalue weighted by Gasteiger charge is 2.67. The summed E-state index contributed by atoms with van der Waals surface area (Å²) in [6, 6.07) is 0.